The number of halogens is 3. The SMILES string of the molecule is Cc1noc2cccc(C(F)(F)F)c12. The first-order valence-electron chi connectivity index (χ1n) is 3.92. The van der Waals surface area contributed by atoms with Gasteiger partial charge in [0.15, 0.2) is 5.58 Å². The van der Waals surface area contributed by atoms with E-state index in [1.807, 2.05) is 0 Å². The van der Waals surface area contributed by atoms with Gasteiger partial charge in [-0.2, -0.15) is 13.2 Å². The molecule has 0 aliphatic heterocycles. The van der Waals surface area contributed by atoms with E-state index in [0.29, 0.717) is 0 Å². The lowest BCUT2D eigenvalue weighted by Crippen LogP contribution is -2.05. The van der Waals surface area contributed by atoms with Gasteiger partial charge in [-0.25, -0.2) is 0 Å². The van der Waals surface area contributed by atoms with Crippen molar-refractivity contribution in [3.8, 4) is 0 Å². The van der Waals surface area contributed by atoms with Crippen molar-refractivity contribution in [2.75, 3.05) is 0 Å². The Labute approximate surface area is 77.3 Å². The highest BCUT2D eigenvalue weighted by Gasteiger charge is 2.33. The Kier molecular flexibility index (Phi) is 1.77. The number of hydrogen-bond acceptors (Lipinski definition) is 2. The molecule has 0 aliphatic rings. The first-order valence-corrected chi connectivity index (χ1v) is 3.92. The molecule has 0 unspecified atom stereocenters. The Bertz CT molecular complexity index is 472. The van der Waals surface area contributed by atoms with Crippen molar-refractivity contribution in [3.05, 3.63) is 29.5 Å². The summed E-state index contributed by atoms with van der Waals surface area (Å²) in [5.41, 5.74) is -0.279. The maximum Gasteiger partial charge on any atom is 0.417 e. The van der Waals surface area contributed by atoms with E-state index in [0.717, 1.165) is 6.07 Å². The molecule has 74 valence electrons. The second kappa shape index (κ2) is 2.73. The van der Waals surface area contributed by atoms with E-state index in [9.17, 15) is 13.2 Å². The van der Waals surface area contributed by atoms with E-state index >= 15 is 0 Å². The lowest BCUT2D eigenvalue weighted by atomic mass is 10.1. The van der Waals surface area contributed by atoms with Crippen LogP contribution in [-0.4, -0.2) is 5.16 Å². The van der Waals surface area contributed by atoms with Crippen LogP contribution >= 0.6 is 0 Å². The molecule has 1 heterocycles. The average Bonchev–Trinajstić information content (AvgIpc) is 2.46. The molecule has 2 aromatic rings. The van der Waals surface area contributed by atoms with Gasteiger partial charge in [0.1, 0.15) is 0 Å². The summed E-state index contributed by atoms with van der Waals surface area (Å²) in [6.07, 6.45) is -4.37. The number of aromatic nitrogens is 1. The van der Waals surface area contributed by atoms with E-state index in [-0.39, 0.29) is 16.7 Å². The molecule has 1 aromatic heterocycles. The number of benzene rings is 1. The van der Waals surface area contributed by atoms with Crippen molar-refractivity contribution >= 4 is 11.0 Å². The monoisotopic (exact) mass is 201 g/mol. The van der Waals surface area contributed by atoms with E-state index in [2.05, 4.69) is 5.16 Å². The zero-order valence-electron chi connectivity index (χ0n) is 7.22. The van der Waals surface area contributed by atoms with Gasteiger partial charge in [-0.1, -0.05) is 11.2 Å². The van der Waals surface area contributed by atoms with Gasteiger partial charge in [-0.05, 0) is 19.1 Å². The highest BCUT2D eigenvalue weighted by Crippen LogP contribution is 2.35. The van der Waals surface area contributed by atoms with Crippen molar-refractivity contribution in [1.29, 1.82) is 0 Å². The van der Waals surface area contributed by atoms with E-state index in [1.54, 1.807) is 0 Å². The lowest BCUT2D eigenvalue weighted by Gasteiger charge is -2.06. The fourth-order valence-electron chi connectivity index (χ4n) is 1.38. The molecule has 2 rings (SSSR count). The molecule has 0 N–H and O–H groups in total. The van der Waals surface area contributed by atoms with Crippen LogP contribution in [0.4, 0.5) is 13.2 Å². The second-order valence-corrected chi connectivity index (χ2v) is 2.94. The smallest absolute Gasteiger partial charge is 0.356 e. The van der Waals surface area contributed by atoms with Crippen molar-refractivity contribution < 1.29 is 17.7 Å². The third-order valence-corrected chi connectivity index (χ3v) is 1.97. The Morgan fingerprint density at radius 2 is 2.00 bits per heavy atom. The number of nitrogens with zero attached hydrogens (tertiary/aromatic N) is 1. The van der Waals surface area contributed by atoms with E-state index < -0.39 is 11.7 Å². The van der Waals surface area contributed by atoms with Crippen LogP contribution in [0.3, 0.4) is 0 Å². The molecule has 0 saturated carbocycles. The molecular formula is C9H6F3NO. The van der Waals surface area contributed by atoms with Crippen LogP contribution < -0.4 is 0 Å². The summed E-state index contributed by atoms with van der Waals surface area (Å²) < 4.78 is 42.3. The molecule has 14 heavy (non-hydrogen) atoms. The van der Waals surface area contributed by atoms with Crippen LogP contribution in [0.1, 0.15) is 11.3 Å². The third-order valence-electron chi connectivity index (χ3n) is 1.97. The highest BCUT2D eigenvalue weighted by atomic mass is 19.4. The summed E-state index contributed by atoms with van der Waals surface area (Å²) in [6.45, 7) is 1.49. The summed E-state index contributed by atoms with van der Waals surface area (Å²) in [5, 5.41) is 3.54. The van der Waals surface area contributed by atoms with Gasteiger partial charge in [0.2, 0.25) is 0 Å². The maximum absolute atomic E-state index is 12.5. The summed E-state index contributed by atoms with van der Waals surface area (Å²) in [6, 6.07) is 3.78. The predicted octanol–water partition coefficient (Wildman–Crippen LogP) is 3.16. The molecule has 1 aromatic carbocycles. The molecule has 0 aliphatic carbocycles. The molecule has 0 atom stereocenters. The fourth-order valence-corrected chi connectivity index (χ4v) is 1.38. The molecule has 0 amide bonds. The van der Waals surface area contributed by atoms with Crippen LogP contribution in [-0.2, 0) is 6.18 Å². The average molecular weight is 201 g/mol. The number of hydrogen-bond donors (Lipinski definition) is 0. The van der Waals surface area contributed by atoms with Gasteiger partial charge in [-0.15, -0.1) is 0 Å². The molecule has 0 fully saturated rings. The molecule has 0 saturated heterocycles. The number of aryl methyl sites for hydroxylation is 1. The van der Waals surface area contributed by atoms with Gasteiger partial charge in [0.25, 0.3) is 0 Å². The van der Waals surface area contributed by atoms with E-state index in [1.165, 1.54) is 19.1 Å². The topological polar surface area (TPSA) is 26.0 Å². The Hall–Kier alpha value is -1.52. The van der Waals surface area contributed by atoms with Crippen LogP contribution in [0.25, 0.3) is 11.0 Å². The summed E-state index contributed by atoms with van der Waals surface area (Å²) in [5.74, 6) is 0. The lowest BCUT2D eigenvalue weighted by molar-refractivity contribution is -0.136. The molecule has 0 radical (unpaired) electrons. The second-order valence-electron chi connectivity index (χ2n) is 2.94. The minimum absolute atomic E-state index is 0.0417. The summed E-state index contributed by atoms with van der Waals surface area (Å²) >= 11 is 0. The van der Waals surface area contributed by atoms with Gasteiger partial charge < -0.3 is 4.52 Å². The van der Waals surface area contributed by atoms with Gasteiger partial charge in [0.05, 0.1) is 16.6 Å². The Balaban J connectivity index is 2.82. The van der Waals surface area contributed by atoms with Crippen molar-refractivity contribution in [3.63, 3.8) is 0 Å². The van der Waals surface area contributed by atoms with Crippen LogP contribution in [0.5, 0.6) is 0 Å². The van der Waals surface area contributed by atoms with Gasteiger partial charge >= 0.3 is 6.18 Å². The number of alkyl halides is 3. The van der Waals surface area contributed by atoms with Crippen LogP contribution in [0, 0.1) is 6.92 Å². The largest absolute Gasteiger partial charge is 0.417 e. The van der Waals surface area contributed by atoms with Crippen LogP contribution in [0.15, 0.2) is 22.7 Å². The summed E-state index contributed by atoms with van der Waals surface area (Å²) in [4.78, 5) is 0. The molecule has 0 bridgehead atoms. The Morgan fingerprint density at radius 1 is 1.29 bits per heavy atom. The quantitative estimate of drug-likeness (QED) is 0.654. The fraction of sp³-hybridized carbons (Fsp3) is 0.222. The normalized spacial score (nSPS) is 12.3. The number of fused-ring (bicyclic) bond motifs is 1. The van der Waals surface area contributed by atoms with Gasteiger partial charge in [-0.3, -0.25) is 0 Å². The zero-order chi connectivity index (χ0) is 10.3. The minimum atomic E-state index is -4.37. The first kappa shape index (κ1) is 9.05. The molecule has 5 heteroatoms. The van der Waals surface area contributed by atoms with Crippen molar-refractivity contribution in [2.45, 2.75) is 13.1 Å². The standard InChI is InChI=1S/C9H6F3NO/c1-5-8-6(9(10,11)12)3-2-4-7(8)14-13-5/h2-4H,1H3. The van der Waals surface area contributed by atoms with E-state index in [4.69, 9.17) is 4.52 Å². The molecular weight excluding hydrogens is 195 g/mol. The summed E-state index contributed by atoms with van der Waals surface area (Å²) in [7, 11) is 0. The highest BCUT2D eigenvalue weighted by molar-refractivity contribution is 5.83. The van der Waals surface area contributed by atoms with Gasteiger partial charge in [0, 0.05) is 0 Å². The Morgan fingerprint density at radius 3 is 2.64 bits per heavy atom. The first-order chi connectivity index (χ1) is 6.50. The maximum atomic E-state index is 12.5. The molecule has 0 spiro atoms. The van der Waals surface area contributed by atoms with Crippen LogP contribution in [0.2, 0.25) is 0 Å². The van der Waals surface area contributed by atoms with Crippen molar-refractivity contribution in [2.24, 2.45) is 0 Å². The van der Waals surface area contributed by atoms with Crippen molar-refractivity contribution in [1.82, 2.24) is 5.16 Å². The number of rotatable bonds is 0. The third kappa shape index (κ3) is 1.25. The predicted molar refractivity (Wildman–Crippen MR) is 43.7 cm³/mol. The zero-order valence-corrected chi connectivity index (χ0v) is 7.22. The minimum Gasteiger partial charge on any atom is -0.356 e. The molecule has 2 nitrogen and oxygen atoms in total.